The summed E-state index contributed by atoms with van der Waals surface area (Å²) in [5.41, 5.74) is 1.11. The minimum absolute atomic E-state index is 0. The molecule has 2 aliphatic heterocycles. The zero-order valence-electron chi connectivity index (χ0n) is 16.8. The van der Waals surface area contributed by atoms with E-state index in [0.29, 0.717) is 13.3 Å². The third kappa shape index (κ3) is 5.21. The number of halogens is 1. The predicted molar refractivity (Wildman–Crippen MR) is 126 cm³/mol. The first-order chi connectivity index (χ1) is 13.8. The van der Waals surface area contributed by atoms with Gasteiger partial charge in [-0.3, -0.25) is 0 Å². The summed E-state index contributed by atoms with van der Waals surface area (Å²) in [4.78, 5) is 14.1. The van der Waals surface area contributed by atoms with Gasteiger partial charge in [-0.05, 0) is 24.6 Å². The van der Waals surface area contributed by atoms with Crippen LogP contribution in [-0.4, -0.2) is 59.7 Å². The van der Waals surface area contributed by atoms with E-state index in [2.05, 4.69) is 38.3 Å². The van der Waals surface area contributed by atoms with Gasteiger partial charge in [0.25, 0.3) is 0 Å². The zero-order valence-corrected chi connectivity index (χ0v) is 19.9. The number of fused-ring (bicyclic) bond motifs is 1. The molecule has 3 heterocycles. The highest BCUT2D eigenvalue weighted by molar-refractivity contribution is 14.0. The largest absolute Gasteiger partial charge is 0.454 e. The molecule has 10 heteroatoms. The summed E-state index contributed by atoms with van der Waals surface area (Å²) >= 11 is 1.50. The summed E-state index contributed by atoms with van der Waals surface area (Å²) in [5, 5.41) is 4.45. The van der Waals surface area contributed by atoms with Gasteiger partial charge in [-0.1, -0.05) is 13.0 Å². The normalized spacial score (nSPS) is 16.0. The first-order valence-corrected chi connectivity index (χ1v) is 10.5. The van der Waals surface area contributed by atoms with Crippen molar-refractivity contribution in [2.45, 2.75) is 26.8 Å². The molecule has 2 aromatic rings. The molecule has 8 nitrogen and oxygen atoms in total. The number of guanidine groups is 1. The number of hydrogen-bond donors (Lipinski definition) is 1. The number of piperazine rings is 1. The van der Waals surface area contributed by atoms with Gasteiger partial charge in [-0.15, -0.1) is 24.0 Å². The summed E-state index contributed by atoms with van der Waals surface area (Å²) < 4.78 is 15.2. The lowest BCUT2D eigenvalue weighted by molar-refractivity contribution is 0.174. The average Bonchev–Trinajstić information content (AvgIpc) is 3.40. The number of nitrogens with zero attached hydrogens (tertiary/aromatic N) is 5. The molecule has 0 spiro atoms. The average molecular weight is 530 g/mol. The molecular weight excluding hydrogens is 503 g/mol. The fraction of sp³-hybridized carbons (Fsp3) is 0.526. The number of aromatic nitrogens is 2. The standard InChI is InChI=1S/C19H26N6O2S.HI/c1-3-17-22-19(28-23-17)25-9-7-24(8-10-25)18(20-4-2)21-12-14-5-6-15-16(11-14)27-13-26-15;/h5-6,11H,3-4,7-10,12-13H2,1-2H3,(H,20,21);1H. The molecule has 0 atom stereocenters. The van der Waals surface area contributed by atoms with Crippen LogP contribution < -0.4 is 19.7 Å². The van der Waals surface area contributed by atoms with Crippen LogP contribution in [0.4, 0.5) is 5.13 Å². The van der Waals surface area contributed by atoms with Crippen LogP contribution in [0.15, 0.2) is 23.2 Å². The zero-order chi connectivity index (χ0) is 19.3. The first-order valence-electron chi connectivity index (χ1n) is 9.76. The van der Waals surface area contributed by atoms with Gasteiger partial charge in [0.05, 0.1) is 6.54 Å². The van der Waals surface area contributed by atoms with Gasteiger partial charge < -0.3 is 24.6 Å². The molecule has 1 fully saturated rings. The van der Waals surface area contributed by atoms with Crippen LogP contribution in [-0.2, 0) is 13.0 Å². The minimum Gasteiger partial charge on any atom is -0.454 e. The van der Waals surface area contributed by atoms with E-state index in [1.165, 1.54) is 11.5 Å². The van der Waals surface area contributed by atoms with Crippen molar-refractivity contribution in [3.8, 4) is 11.5 Å². The quantitative estimate of drug-likeness (QED) is 0.362. The summed E-state index contributed by atoms with van der Waals surface area (Å²) in [5.74, 6) is 3.49. The molecule has 2 aliphatic rings. The number of aliphatic imine (C=N–C) groups is 1. The monoisotopic (exact) mass is 530 g/mol. The number of anilines is 1. The Balaban J connectivity index is 0.00000240. The van der Waals surface area contributed by atoms with Crippen LogP contribution in [0.3, 0.4) is 0 Å². The number of hydrogen-bond acceptors (Lipinski definition) is 7. The number of nitrogens with one attached hydrogen (secondary N) is 1. The highest BCUT2D eigenvalue weighted by Gasteiger charge is 2.22. The molecule has 0 saturated carbocycles. The molecule has 4 rings (SSSR count). The lowest BCUT2D eigenvalue weighted by atomic mass is 10.2. The molecule has 1 aromatic carbocycles. The first kappa shape index (κ1) is 21.9. The van der Waals surface area contributed by atoms with Gasteiger partial charge in [-0.2, -0.15) is 4.37 Å². The molecule has 0 unspecified atom stereocenters. The van der Waals surface area contributed by atoms with Crippen LogP contribution in [0.2, 0.25) is 0 Å². The van der Waals surface area contributed by atoms with E-state index in [4.69, 9.17) is 14.5 Å². The maximum absolute atomic E-state index is 5.46. The maximum atomic E-state index is 5.46. The Hall–Kier alpha value is -1.82. The Bertz CT molecular complexity index is 838. The van der Waals surface area contributed by atoms with Crippen LogP contribution >= 0.6 is 35.5 Å². The Kier molecular flexibility index (Phi) is 7.76. The van der Waals surface area contributed by atoms with Crippen molar-refractivity contribution in [2.75, 3.05) is 44.4 Å². The number of rotatable bonds is 5. The smallest absolute Gasteiger partial charge is 0.231 e. The summed E-state index contributed by atoms with van der Waals surface area (Å²) in [6.45, 7) is 9.60. The highest BCUT2D eigenvalue weighted by Crippen LogP contribution is 2.32. The van der Waals surface area contributed by atoms with E-state index in [1.807, 2.05) is 18.2 Å². The molecule has 158 valence electrons. The summed E-state index contributed by atoms with van der Waals surface area (Å²) in [6.07, 6.45) is 0.882. The van der Waals surface area contributed by atoms with Gasteiger partial charge in [0.15, 0.2) is 17.5 Å². The van der Waals surface area contributed by atoms with Crippen molar-refractivity contribution in [1.29, 1.82) is 0 Å². The summed E-state index contributed by atoms with van der Waals surface area (Å²) in [6, 6.07) is 6.00. The van der Waals surface area contributed by atoms with Crippen molar-refractivity contribution >= 4 is 46.6 Å². The second-order valence-corrected chi connectivity index (χ2v) is 7.41. The molecule has 29 heavy (non-hydrogen) atoms. The molecule has 0 bridgehead atoms. The van der Waals surface area contributed by atoms with Crippen molar-refractivity contribution in [3.05, 3.63) is 29.6 Å². The number of benzene rings is 1. The van der Waals surface area contributed by atoms with Crippen molar-refractivity contribution < 1.29 is 9.47 Å². The van der Waals surface area contributed by atoms with Gasteiger partial charge in [-0.25, -0.2) is 9.98 Å². The van der Waals surface area contributed by atoms with Crippen molar-refractivity contribution in [1.82, 2.24) is 19.6 Å². The van der Waals surface area contributed by atoms with Crippen LogP contribution in [0, 0.1) is 0 Å². The van der Waals surface area contributed by atoms with E-state index in [0.717, 1.165) is 73.1 Å². The van der Waals surface area contributed by atoms with Gasteiger partial charge in [0.2, 0.25) is 11.9 Å². The van der Waals surface area contributed by atoms with E-state index in [-0.39, 0.29) is 24.0 Å². The van der Waals surface area contributed by atoms with Crippen LogP contribution in [0.25, 0.3) is 0 Å². The van der Waals surface area contributed by atoms with Gasteiger partial charge >= 0.3 is 0 Å². The van der Waals surface area contributed by atoms with E-state index in [1.54, 1.807) is 0 Å². The van der Waals surface area contributed by atoms with E-state index in [9.17, 15) is 0 Å². The topological polar surface area (TPSA) is 75.1 Å². The van der Waals surface area contributed by atoms with Crippen molar-refractivity contribution in [3.63, 3.8) is 0 Å². The third-order valence-electron chi connectivity index (χ3n) is 4.81. The van der Waals surface area contributed by atoms with Gasteiger partial charge in [0, 0.05) is 50.7 Å². The maximum Gasteiger partial charge on any atom is 0.231 e. The van der Waals surface area contributed by atoms with Crippen LogP contribution in [0.5, 0.6) is 11.5 Å². The van der Waals surface area contributed by atoms with E-state index >= 15 is 0 Å². The second-order valence-electron chi connectivity index (χ2n) is 6.68. The molecule has 0 amide bonds. The Labute approximate surface area is 192 Å². The fourth-order valence-electron chi connectivity index (χ4n) is 3.26. The predicted octanol–water partition coefficient (Wildman–Crippen LogP) is 2.73. The molecule has 1 saturated heterocycles. The lowest BCUT2D eigenvalue weighted by Gasteiger charge is -2.36. The molecule has 0 radical (unpaired) electrons. The number of aryl methyl sites for hydroxylation is 1. The summed E-state index contributed by atoms with van der Waals surface area (Å²) in [7, 11) is 0. The van der Waals surface area contributed by atoms with E-state index < -0.39 is 0 Å². The Morgan fingerprint density at radius 1 is 1.17 bits per heavy atom. The highest BCUT2D eigenvalue weighted by atomic mass is 127. The minimum atomic E-state index is 0. The second kappa shape index (κ2) is 10.3. The molecular formula is C19H27IN6O2S. The van der Waals surface area contributed by atoms with Crippen molar-refractivity contribution in [2.24, 2.45) is 4.99 Å². The Morgan fingerprint density at radius 3 is 2.69 bits per heavy atom. The fourth-order valence-corrected chi connectivity index (χ4v) is 4.06. The number of ether oxygens (including phenoxy) is 2. The SMILES string of the molecule is CCNC(=NCc1ccc2c(c1)OCO2)N1CCN(c2nc(CC)ns2)CC1.I. The van der Waals surface area contributed by atoms with Crippen LogP contribution in [0.1, 0.15) is 25.2 Å². The third-order valence-corrected chi connectivity index (χ3v) is 5.62. The Morgan fingerprint density at radius 2 is 1.97 bits per heavy atom. The lowest BCUT2D eigenvalue weighted by Crippen LogP contribution is -2.52. The molecule has 0 aliphatic carbocycles. The van der Waals surface area contributed by atoms with Gasteiger partial charge in [0.1, 0.15) is 5.82 Å². The molecule has 1 aromatic heterocycles. The molecule has 1 N–H and O–H groups in total.